The highest BCUT2D eigenvalue weighted by Crippen LogP contribution is 2.03. The van der Waals surface area contributed by atoms with E-state index < -0.39 is 6.03 Å². The van der Waals surface area contributed by atoms with E-state index in [1.165, 1.54) is 0 Å². The number of carbonyl (C=O) groups is 1. The predicted octanol–water partition coefficient (Wildman–Crippen LogP) is 0.211. The van der Waals surface area contributed by atoms with Gasteiger partial charge in [0, 0.05) is 18.7 Å². The maximum Gasteiger partial charge on any atom is 0.332 e. The summed E-state index contributed by atoms with van der Waals surface area (Å²) in [6.45, 7) is 1.45. The largest absolute Gasteiger partial charge is 0.381 e. The summed E-state index contributed by atoms with van der Waals surface area (Å²) >= 11 is 0. The Morgan fingerprint density at radius 2 is 2.33 bits per heavy atom. The Bertz CT molecular complexity index is 181. The van der Waals surface area contributed by atoms with E-state index >= 15 is 0 Å². The first-order valence-corrected chi connectivity index (χ1v) is 3.97. The summed E-state index contributed by atoms with van der Waals surface area (Å²) in [5.74, 6) is 0. The van der Waals surface area contributed by atoms with E-state index in [9.17, 15) is 4.79 Å². The highest BCUT2D eigenvalue weighted by Gasteiger charge is 2.05. The number of rotatable bonds is 1. The number of ether oxygens (including phenoxy) is 1. The molecular weight excluding hydrogens is 158 g/mol. The Hall–Kier alpha value is -1.10. The quantitative estimate of drug-likeness (QED) is 0.553. The zero-order chi connectivity index (χ0) is 8.81. The lowest BCUT2D eigenvalue weighted by atomic mass is 10.2. The van der Waals surface area contributed by atoms with E-state index in [2.05, 4.69) is 10.5 Å². The molecule has 3 N–H and O–H groups in total. The second kappa shape index (κ2) is 4.71. The van der Waals surface area contributed by atoms with Crippen molar-refractivity contribution in [1.82, 2.24) is 5.43 Å². The first kappa shape index (κ1) is 8.99. The number of urea groups is 1. The van der Waals surface area contributed by atoms with Crippen LogP contribution in [0.1, 0.15) is 19.3 Å². The van der Waals surface area contributed by atoms with Crippen LogP contribution in [0.4, 0.5) is 4.79 Å². The summed E-state index contributed by atoms with van der Waals surface area (Å²) in [7, 11) is 0. The summed E-state index contributed by atoms with van der Waals surface area (Å²) in [6.07, 6.45) is 2.61. The van der Waals surface area contributed by atoms with Gasteiger partial charge in [0.2, 0.25) is 0 Å². The molecular formula is C7H13N3O2. The number of primary amides is 1. The van der Waals surface area contributed by atoms with Crippen molar-refractivity contribution in [3.63, 3.8) is 0 Å². The molecule has 12 heavy (non-hydrogen) atoms. The number of carbonyl (C=O) groups excluding carboxylic acids is 1. The second-order valence-electron chi connectivity index (χ2n) is 2.62. The monoisotopic (exact) mass is 171 g/mol. The van der Waals surface area contributed by atoms with Gasteiger partial charge in [-0.1, -0.05) is 0 Å². The second-order valence-corrected chi connectivity index (χ2v) is 2.62. The number of amides is 2. The van der Waals surface area contributed by atoms with Crippen molar-refractivity contribution in [2.24, 2.45) is 10.8 Å². The van der Waals surface area contributed by atoms with E-state index in [1.54, 1.807) is 0 Å². The van der Waals surface area contributed by atoms with Crippen molar-refractivity contribution in [1.29, 1.82) is 0 Å². The highest BCUT2D eigenvalue weighted by molar-refractivity contribution is 5.86. The number of nitrogens with two attached hydrogens (primary N) is 1. The molecule has 0 aromatic carbocycles. The number of hydrazone groups is 1. The predicted molar refractivity (Wildman–Crippen MR) is 44.8 cm³/mol. The van der Waals surface area contributed by atoms with Crippen LogP contribution in [0.5, 0.6) is 0 Å². The average molecular weight is 171 g/mol. The molecule has 1 saturated heterocycles. The van der Waals surface area contributed by atoms with Gasteiger partial charge in [0.25, 0.3) is 0 Å². The van der Waals surface area contributed by atoms with Crippen LogP contribution >= 0.6 is 0 Å². The van der Waals surface area contributed by atoms with Crippen LogP contribution in [0.3, 0.4) is 0 Å². The maximum absolute atomic E-state index is 10.3. The van der Waals surface area contributed by atoms with E-state index in [-0.39, 0.29) is 0 Å². The van der Waals surface area contributed by atoms with E-state index in [0.717, 1.165) is 31.6 Å². The fourth-order valence-electron chi connectivity index (χ4n) is 1.04. The van der Waals surface area contributed by atoms with Crippen molar-refractivity contribution in [2.75, 3.05) is 13.2 Å². The molecule has 1 aliphatic heterocycles. The van der Waals surface area contributed by atoms with Gasteiger partial charge in [-0.05, 0) is 12.8 Å². The van der Waals surface area contributed by atoms with Crippen LogP contribution in [0.25, 0.3) is 0 Å². The van der Waals surface area contributed by atoms with Gasteiger partial charge in [-0.3, -0.25) is 0 Å². The fourth-order valence-corrected chi connectivity index (χ4v) is 1.04. The van der Waals surface area contributed by atoms with Gasteiger partial charge in [0.15, 0.2) is 0 Å². The van der Waals surface area contributed by atoms with Crippen molar-refractivity contribution >= 4 is 11.7 Å². The molecule has 0 saturated carbocycles. The summed E-state index contributed by atoms with van der Waals surface area (Å²) in [5.41, 5.74) is 8.02. The average Bonchev–Trinajstić information content (AvgIpc) is 2.28. The minimum atomic E-state index is -0.618. The topological polar surface area (TPSA) is 76.7 Å². The molecule has 5 nitrogen and oxygen atoms in total. The summed E-state index contributed by atoms with van der Waals surface area (Å²) < 4.78 is 5.21. The Morgan fingerprint density at radius 3 is 3.08 bits per heavy atom. The molecule has 0 spiro atoms. The molecule has 0 aliphatic carbocycles. The molecule has 0 aromatic heterocycles. The molecule has 0 atom stereocenters. The molecule has 0 radical (unpaired) electrons. The zero-order valence-corrected chi connectivity index (χ0v) is 6.88. The Labute approximate surface area is 71.0 Å². The molecule has 1 heterocycles. The Kier molecular flexibility index (Phi) is 3.53. The minimum absolute atomic E-state index is 0.618. The van der Waals surface area contributed by atoms with Gasteiger partial charge in [-0.15, -0.1) is 0 Å². The summed E-state index contributed by atoms with van der Waals surface area (Å²) in [6, 6.07) is -0.618. The van der Waals surface area contributed by atoms with Crippen molar-refractivity contribution < 1.29 is 9.53 Å². The van der Waals surface area contributed by atoms with Crippen LogP contribution in [0.2, 0.25) is 0 Å². The molecule has 1 aliphatic rings. The third-order valence-electron chi connectivity index (χ3n) is 1.61. The Morgan fingerprint density at radius 1 is 1.50 bits per heavy atom. The number of nitrogens with zero attached hydrogens (tertiary/aromatic N) is 1. The van der Waals surface area contributed by atoms with Gasteiger partial charge in [-0.2, -0.15) is 5.10 Å². The third-order valence-corrected chi connectivity index (χ3v) is 1.61. The van der Waals surface area contributed by atoms with Gasteiger partial charge < -0.3 is 10.5 Å². The SMILES string of the molecule is NC(=O)NN=C1CCCOCC1. The molecule has 0 aromatic rings. The first-order chi connectivity index (χ1) is 5.79. The minimum Gasteiger partial charge on any atom is -0.381 e. The fraction of sp³-hybridized carbons (Fsp3) is 0.714. The van der Waals surface area contributed by atoms with Gasteiger partial charge >= 0.3 is 6.03 Å². The lowest BCUT2D eigenvalue weighted by Gasteiger charge is -1.99. The normalized spacial score (nSPS) is 21.8. The van der Waals surface area contributed by atoms with Gasteiger partial charge in [0.05, 0.1) is 6.61 Å². The summed E-state index contributed by atoms with van der Waals surface area (Å²) in [5, 5.41) is 3.85. The van der Waals surface area contributed by atoms with Crippen molar-refractivity contribution in [3.8, 4) is 0 Å². The third kappa shape index (κ3) is 3.34. The van der Waals surface area contributed by atoms with Gasteiger partial charge in [0.1, 0.15) is 0 Å². The van der Waals surface area contributed by atoms with E-state index in [0.29, 0.717) is 6.61 Å². The van der Waals surface area contributed by atoms with Crippen LogP contribution in [-0.4, -0.2) is 25.0 Å². The lowest BCUT2D eigenvalue weighted by molar-refractivity contribution is 0.147. The Balaban J connectivity index is 2.37. The highest BCUT2D eigenvalue weighted by atomic mass is 16.5. The van der Waals surface area contributed by atoms with Crippen LogP contribution in [-0.2, 0) is 4.74 Å². The number of nitrogens with one attached hydrogen (secondary N) is 1. The lowest BCUT2D eigenvalue weighted by Crippen LogP contribution is -2.25. The number of hydrogen-bond donors (Lipinski definition) is 2. The molecule has 68 valence electrons. The first-order valence-electron chi connectivity index (χ1n) is 3.97. The van der Waals surface area contributed by atoms with Crippen LogP contribution in [0, 0.1) is 0 Å². The molecule has 0 bridgehead atoms. The van der Waals surface area contributed by atoms with Crippen molar-refractivity contribution in [2.45, 2.75) is 19.3 Å². The standard InChI is InChI=1S/C7H13N3O2/c8-7(11)10-9-6-2-1-4-12-5-3-6/h1-5H2,(H3,8,10,11). The smallest absolute Gasteiger partial charge is 0.332 e. The summed E-state index contributed by atoms with van der Waals surface area (Å²) in [4.78, 5) is 10.3. The molecule has 2 amide bonds. The molecule has 0 unspecified atom stereocenters. The van der Waals surface area contributed by atoms with E-state index in [1.807, 2.05) is 0 Å². The zero-order valence-electron chi connectivity index (χ0n) is 6.88. The molecule has 5 heteroatoms. The number of hydrogen-bond acceptors (Lipinski definition) is 3. The van der Waals surface area contributed by atoms with Crippen LogP contribution in [0.15, 0.2) is 5.10 Å². The van der Waals surface area contributed by atoms with E-state index in [4.69, 9.17) is 10.5 Å². The van der Waals surface area contributed by atoms with Crippen LogP contribution < -0.4 is 11.2 Å². The van der Waals surface area contributed by atoms with Crippen molar-refractivity contribution in [3.05, 3.63) is 0 Å². The molecule has 1 rings (SSSR count). The maximum atomic E-state index is 10.3. The van der Waals surface area contributed by atoms with Gasteiger partial charge in [-0.25, -0.2) is 10.2 Å². The molecule has 1 fully saturated rings.